The maximum absolute atomic E-state index is 13.2. The number of amides is 5. The summed E-state index contributed by atoms with van der Waals surface area (Å²) in [7, 11) is 1.76. The van der Waals surface area contributed by atoms with Crippen molar-refractivity contribution < 1.29 is 47.7 Å². The van der Waals surface area contributed by atoms with Crippen LogP contribution in [0.5, 0.6) is 5.75 Å². The van der Waals surface area contributed by atoms with Crippen molar-refractivity contribution in [3.8, 4) is 5.75 Å². The number of allylic oxidation sites excluding steroid dienone is 1. The van der Waals surface area contributed by atoms with E-state index in [1.165, 1.54) is 16.7 Å². The van der Waals surface area contributed by atoms with Crippen LogP contribution in [0.15, 0.2) is 103 Å². The predicted octanol–water partition coefficient (Wildman–Crippen LogP) is 5.86. The molecule has 0 aliphatic carbocycles. The zero-order chi connectivity index (χ0) is 44.4. The van der Waals surface area contributed by atoms with Gasteiger partial charge in [-0.05, 0) is 64.9 Å². The van der Waals surface area contributed by atoms with Crippen LogP contribution in [-0.2, 0) is 33.3 Å². The second kappa shape index (κ2) is 23.9. The minimum atomic E-state index is -1.02. The molecule has 1 unspecified atom stereocenters. The van der Waals surface area contributed by atoms with Crippen molar-refractivity contribution in [2.45, 2.75) is 38.6 Å². The van der Waals surface area contributed by atoms with Gasteiger partial charge in [0.2, 0.25) is 17.7 Å². The number of rotatable bonds is 25. The average molecular weight is 861 g/mol. The molecule has 1 fully saturated rings. The lowest BCUT2D eigenvalue weighted by atomic mass is 9.88. The van der Waals surface area contributed by atoms with E-state index in [1.807, 2.05) is 24.3 Å². The molecule has 332 valence electrons. The summed E-state index contributed by atoms with van der Waals surface area (Å²) < 4.78 is 28.3. The number of nitrogens with one attached hydrogen (secondary N) is 2. The number of carbonyl (C=O) groups is 5. The molecular formula is C49H56N4O10. The van der Waals surface area contributed by atoms with Gasteiger partial charge in [-0.2, -0.15) is 0 Å². The Hall–Kier alpha value is -6.19. The summed E-state index contributed by atoms with van der Waals surface area (Å²) in [4.78, 5) is 65.4. The van der Waals surface area contributed by atoms with Gasteiger partial charge in [0.15, 0.2) is 0 Å². The molecule has 14 nitrogen and oxygen atoms in total. The molecule has 0 radical (unpaired) electrons. The molecule has 63 heavy (non-hydrogen) atoms. The van der Waals surface area contributed by atoms with Gasteiger partial charge in [0, 0.05) is 25.7 Å². The number of benzene rings is 4. The minimum Gasteiger partial charge on any atom is -0.492 e. The maximum atomic E-state index is 13.2. The first-order valence-corrected chi connectivity index (χ1v) is 21.5. The summed E-state index contributed by atoms with van der Waals surface area (Å²) in [5.74, 6) is -1.47. The highest BCUT2D eigenvalue weighted by atomic mass is 16.6. The number of anilines is 1. The van der Waals surface area contributed by atoms with Gasteiger partial charge in [-0.25, -0.2) is 0 Å². The van der Waals surface area contributed by atoms with E-state index >= 15 is 0 Å². The molecule has 4 aromatic rings. The van der Waals surface area contributed by atoms with E-state index in [2.05, 4.69) is 78.2 Å². The predicted molar refractivity (Wildman–Crippen MR) is 238 cm³/mol. The zero-order valence-corrected chi connectivity index (χ0v) is 36.0. The van der Waals surface area contributed by atoms with E-state index in [4.69, 9.17) is 23.7 Å². The molecule has 2 aliphatic heterocycles. The summed E-state index contributed by atoms with van der Waals surface area (Å²) in [6, 6.07) is 33.0. The normalized spacial score (nSPS) is 15.2. The van der Waals surface area contributed by atoms with Gasteiger partial charge in [0.05, 0.1) is 76.9 Å². The van der Waals surface area contributed by atoms with Gasteiger partial charge >= 0.3 is 0 Å². The number of carbonyl (C=O) groups excluding carboxylic acids is 5. The number of likely N-dealkylation sites (N-methyl/N-ethyl adjacent to an activating group) is 1. The molecule has 2 N–H and O–H groups in total. The van der Waals surface area contributed by atoms with Crippen molar-refractivity contribution in [3.05, 3.63) is 131 Å². The molecule has 2 heterocycles. The van der Waals surface area contributed by atoms with Crippen LogP contribution in [0.25, 0.3) is 11.1 Å². The fourth-order valence-corrected chi connectivity index (χ4v) is 7.46. The third-order valence-electron chi connectivity index (χ3n) is 10.7. The Morgan fingerprint density at radius 2 is 1.30 bits per heavy atom. The third kappa shape index (κ3) is 12.7. The SMILES string of the molecule is CC/C(=C(\c1ccccc1)c1ccc(OCCN(C)C(=O)CCOCCOCCOCCOCCNc2cccc3c2C(=O)N(C2CCC(=O)NC2=O)C3=O)cc1)c1ccccc1. The van der Waals surface area contributed by atoms with Crippen LogP contribution in [-0.4, -0.2) is 125 Å². The summed E-state index contributed by atoms with van der Waals surface area (Å²) in [6.07, 6.45) is 1.30. The second-order valence-electron chi connectivity index (χ2n) is 14.9. The molecule has 5 amide bonds. The second-order valence-corrected chi connectivity index (χ2v) is 14.9. The van der Waals surface area contributed by atoms with E-state index < -0.39 is 29.7 Å². The van der Waals surface area contributed by atoms with Crippen LogP contribution < -0.4 is 15.4 Å². The van der Waals surface area contributed by atoms with Gasteiger partial charge in [0.1, 0.15) is 18.4 Å². The lowest BCUT2D eigenvalue weighted by Crippen LogP contribution is -2.54. The van der Waals surface area contributed by atoms with Crippen molar-refractivity contribution in [1.29, 1.82) is 0 Å². The first-order valence-electron chi connectivity index (χ1n) is 21.5. The minimum absolute atomic E-state index is 0.0274. The largest absolute Gasteiger partial charge is 0.492 e. The van der Waals surface area contributed by atoms with Crippen LogP contribution in [0.4, 0.5) is 5.69 Å². The van der Waals surface area contributed by atoms with E-state index in [9.17, 15) is 24.0 Å². The lowest BCUT2D eigenvalue weighted by molar-refractivity contribution is -0.136. The fraction of sp³-hybridized carbons (Fsp3) is 0.367. The summed E-state index contributed by atoms with van der Waals surface area (Å²) >= 11 is 0. The highest BCUT2D eigenvalue weighted by Crippen LogP contribution is 2.35. The van der Waals surface area contributed by atoms with E-state index in [0.717, 1.165) is 28.2 Å². The highest BCUT2D eigenvalue weighted by Gasteiger charge is 2.45. The Balaban J connectivity index is 0.777. The number of nitrogens with zero attached hydrogens (tertiary/aromatic N) is 2. The molecule has 0 bridgehead atoms. The standard InChI is InChI=1S/C49H56N4O10/c1-3-39(35-11-6-4-7-12-35)45(36-13-8-5-9-14-36)37-17-19-38(20-18-37)63-28-25-52(2)44(55)23-26-59-29-31-61-33-34-62-32-30-60-27-24-50-41-16-10-15-40-46(41)49(58)53(48(40)57)42-21-22-43(54)51-47(42)56/h4-20,42,50H,3,21-34H2,1-2H3,(H,51,54,56)/b45-39-. The molecule has 0 aromatic heterocycles. The van der Waals surface area contributed by atoms with Gasteiger partial charge in [-0.3, -0.25) is 34.2 Å². The monoisotopic (exact) mass is 860 g/mol. The smallest absolute Gasteiger partial charge is 0.264 e. The van der Waals surface area contributed by atoms with E-state index in [0.29, 0.717) is 78.2 Å². The Labute approximate surface area is 368 Å². The first-order chi connectivity index (χ1) is 30.8. The molecule has 4 aromatic carbocycles. The van der Waals surface area contributed by atoms with Crippen molar-refractivity contribution >= 4 is 46.4 Å². The number of fused-ring (bicyclic) bond motifs is 1. The molecule has 1 saturated heterocycles. The van der Waals surface area contributed by atoms with Crippen LogP contribution in [0.1, 0.15) is 70.0 Å². The van der Waals surface area contributed by atoms with Crippen LogP contribution in [0, 0.1) is 0 Å². The zero-order valence-electron chi connectivity index (χ0n) is 36.0. The van der Waals surface area contributed by atoms with Crippen LogP contribution in [0.3, 0.4) is 0 Å². The number of ether oxygens (including phenoxy) is 5. The molecule has 2 aliphatic rings. The van der Waals surface area contributed by atoms with Crippen molar-refractivity contribution in [3.63, 3.8) is 0 Å². The van der Waals surface area contributed by atoms with Crippen LogP contribution >= 0.6 is 0 Å². The van der Waals surface area contributed by atoms with Crippen molar-refractivity contribution in [1.82, 2.24) is 15.1 Å². The molecule has 6 rings (SSSR count). The van der Waals surface area contributed by atoms with Gasteiger partial charge in [-0.1, -0.05) is 85.8 Å². The number of hydrogen-bond acceptors (Lipinski definition) is 11. The van der Waals surface area contributed by atoms with Gasteiger partial charge in [-0.15, -0.1) is 0 Å². The number of hydrogen-bond donors (Lipinski definition) is 2. The van der Waals surface area contributed by atoms with Crippen molar-refractivity contribution in [2.75, 3.05) is 84.9 Å². The molecule has 14 heteroatoms. The Bertz CT molecular complexity index is 2200. The average Bonchev–Trinajstić information content (AvgIpc) is 3.56. The van der Waals surface area contributed by atoms with Gasteiger partial charge < -0.3 is 33.9 Å². The van der Waals surface area contributed by atoms with Crippen LogP contribution in [0.2, 0.25) is 0 Å². The third-order valence-corrected chi connectivity index (χ3v) is 10.7. The van der Waals surface area contributed by atoms with E-state index in [-0.39, 0.29) is 36.3 Å². The molecular weight excluding hydrogens is 805 g/mol. The topological polar surface area (TPSA) is 162 Å². The highest BCUT2D eigenvalue weighted by molar-refractivity contribution is 6.25. The summed E-state index contributed by atoms with van der Waals surface area (Å²) in [5, 5.41) is 5.34. The van der Waals surface area contributed by atoms with Crippen molar-refractivity contribution in [2.24, 2.45) is 0 Å². The molecule has 1 atom stereocenters. The maximum Gasteiger partial charge on any atom is 0.264 e. The molecule has 0 spiro atoms. The summed E-state index contributed by atoms with van der Waals surface area (Å²) in [6.45, 7) is 6.20. The lowest BCUT2D eigenvalue weighted by Gasteiger charge is -2.27. The number of piperidine rings is 1. The first kappa shape index (κ1) is 46.3. The van der Waals surface area contributed by atoms with Gasteiger partial charge in [0.25, 0.3) is 11.8 Å². The Morgan fingerprint density at radius 3 is 1.94 bits per heavy atom. The number of imide groups is 2. The Kier molecular flexibility index (Phi) is 17.5. The Morgan fingerprint density at radius 1 is 0.698 bits per heavy atom. The fourth-order valence-electron chi connectivity index (χ4n) is 7.46. The quantitative estimate of drug-likeness (QED) is 0.0467. The van der Waals surface area contributed by atoms with E-state index in [1.54, 1.807) is 30.1 Å². The summed E-state index contributed by atoms with van der Waals surface area (Å²) in [5.41, 5.74) is 6.85. The molecule has 0 saturated carbocycles.